The van der Waals surface area contributed by atoms with Crippen LogP contribution in [0.4, 0.5) is 0 Å². The highest BCUT2D eigenvalue weighted by atomic mass is 35.5. The molecule has 0 unspecified atom stereocenters. The topological polar surface area (TPSA) is 79.1 Å². The zero-order valence-electron chi connectivity index (χ0n) is 26.4. The largest absolute Gasteiger partial charge is 0.464 e. The molecular weight excluding hydrogens is 604 g/mol. The van der Waals surface area contributed by atoms with Crippen LogP contribution in [-0.4, -0.2) is 37.7 Å². The maximum absolute atomic E-state index is 13.5. The van der Waals surface area contributed by atoms with Gasteiger partial charge in [-0.2, -0.15) is 0 Å². The minimum Gasteiger partial charge on any atom is -0.464 e. The van der Waals surface area contributed by atoms with Gasteiger partial charge < -0.3 is 14.0 Å². The van der Waals surface area contributed by atoms with Gasteiger partial charge in [0.2, 0.25) is 0 Å². The maximum atomic E-state index is 13.5. The summed E-state index contributed by atoms with van der Waals surface area (Å²) in [4.78, 5) is 28.1. The number of aryl methyl sites for hydroxylation is 3. The number of ether oxygens (including phenoxy) is 2. The predicted molar refractivity (Wildman–Crippen MR) is 183 cm³/mol. The first-order valence-corrected chi connectivity index (χ1v) is 16.1. The lowest BCUT2D eigenvalue weighted by Gasteiger charge is -2.29. The van der Waals surface area contributed by atoms with Crippen molar-refractivity contribution in [3.8, 4) is 33.1 Å². The molecule has 0 aliphatic heterocycles. The van der Waals surface area contributed by atoms with Gasteiger partial charge in [0.15, 0.2) is 6.10 Å². The summed E-state index contributed by atoms with van der Waals surface area (Å²) in [6.45, 7) is 11.9. The van der Waals surface area contributed by atoms with Gasteiger partial charge in [0.1, 0.15) is 10.7 Å². The van der Waals surface area contributed by atoms with Crippen LogP contribution in [-0.2, 0) is 21.3 Å². The van der Waals surface area contributed by atoms with Gasteiger partial charge in [0.25, 0.3) is 0 Å². The quantitative estimate of drug-likeness (QED) is 0.162. The normalized spacial score (nSPS) is 12.6. The van der Waals surface area contributed by atoms with E-state index in [1.54, 1.807) is 24.5 Å². The van der Waals surface area contributed by atoms with E-state index in [1.165, 1.54) is 5.56 Å². The molecule has 230 valence electrons. The van der Waals surface area contributed by atoms with Gasteiger partial charge in [-0.1, -0.05) is 23.7 Å². The van der Waals surface area contributed by atoms with E-state index in [0.717, 1.165) is 65.5 Å². The van der Waals surface area contributed by atoms with Gasteiger partial charge in [-0.15, -0.1) is 11.3 Å². The first-order valence-electron chi connectivity index (χ1n) is 14.9. The number of rotatable bonds is 7. The second kappa shape index (κ2) is 12.0. The molecule has 0 aliphatic rings. The van der Waals surface area contributed by atoms with Gasteiger partial charge in [-0.05, 0) is 101 Å². The Morgan fingerprint density at radius 2 is 1.73 bits per heavy atom. The van der Waals surface area contributed by atoms with Crippen molar-refractivity contribution in [1.29, 1.82) is 0 Å². The van der Waals surface area contributed by atoms with Gasteiger partial charge in [0.05, 0.1) is 33.8 Å². The number of carbonyl (C=O) groups is 1. The second-order valence-electron chi connectivity index (χ2n) is 12.1. The number of benzene rings is 2. The van der Waals surface area contributed by atoms with E-state index in [4.69, 9.17) is 31.0 Å². The summed E-state index contributed by atoms with van der Waals surface area (Å²) in [5, 5.41) is 2.59. The number of esters is 1. The molecular formula is C36H35ClN4O3S. The molecule has 0 amide bonds. The molecule has 6 rings (SSSR count). The van der Waals surface area contributed by atoms with Crippen LogP contribution >= 0.6 is 22.9 Å². The highest BCUT2D eigenvalue weighted by molar-refractivity contribution is 7.22. The molecule has 0 bridgehead atoms. The van der Waals surface area contributed by atoms with Crippen LogP contribution in [0.2, 0.25) is 5.02 Å². The van der Waals surface area contributed by atoms with Crippen molar-refractivity contribution in [2.24, 2.45) is 7.05 Å². The van der Waals surface area contributed by atoms with Crippen LogP contribution in [0.5, 0.6) is 0 Å². The number of carbonyl (C=O) groups excluding carboxylic acids is 1. The molecule has 4 aromatic heterocycles. The molecule has 0 radical (unpaired) electrons. The Kier molecular flexibility index (Phi) is 8.24. The Balaban J connectivity index is 1.53. The van der Waals surface area contributed by atoms with Crippen molar-refractivity contribution in [3.05, 3.63) is 88.7 Å². The van der Waals surface area contributed by atoms with E-state index in [1.807, 2.05) is 87.8 Å². The summed E-state index contributed by atoms with van der Waals surface area (Å²) < 4.78 is 14.9. The summed E-state index contributed by atoms with van der Waals surface area (Å²) in [5.41, 5.74) is 8.27. The molecule has 0 aliphatic carbocycles. The minimum atomic E-state index is -0.930. The molecule has 9 heteroatoms. The average Bonchev–Trinajstić information content (AvgIpc) is 3.55. The third-order valence-corrected chi connectivity index (χ3v) is 8.98. The van der Waals surface area contributed by atoms with Crippen molar-refractivity contribution in [2.45, 2.75) is 53.2 Å². The van der Waals surface area contributed by atoms with Gasteiger partial charge in [-0.3, -0.25) is 4.98 Å². The fourth-order valence-electron chi connectivity index (χ4n) is 5.66. The zero-order valence-corrected chi connectivity index (χ0v) is 28.0. The number of aromatic nitrogens is 4. The van der Waals surface area contributed by atoms with Gasteiger partial charge >= 0.3 is 5.97 Å². The fraction of sp³-hybridized carbons (Fsp3) is 0.278. The average molecular weight is 639 g/mol. The zero-order chi connectivity index (χ0) is 32.0. The Morgan fingerprint density at radius 3 is 2.44 bits per heavy atom. The van der Waals surface area contributed by atoms with Crippen molar-refractivity contribution >= 4 is 50.2 Å². The Morgan fingerprint density at radius 1 is 0.978 bits per heavy atom. The van der Waals surface area contributed by atoms with Crippen LogP contribution in [0.15, 0.2) is 67.0 Å². The molecule has 2 aromatic carbocycles. The smallest absolute Gasteiger partial charge is 0.339 e. The summed E-state index contributed by atoms with van der Waals surface area (Å²) >= 11 is 7.87. The van der Waals surface area contributed by atoms with Crippen molar-refractivity contribution in [1.82, 2.24) is 19.5 Å². The summed E-state index contributed by atoms with van der Waals surface area (Å²) in [6.07, 6.45) is 2.95. The molecule has 0 fully saturated rings. The summed E-state index contributed by atoms with van der Waals surface area (Å²) in [7, 11) is 2.00. The number of nitrogens with zero attached hydrogens (tertiary/aromatic N) is 4. The molecule has 6 aromatic rings. The number of pyridine rings is 2. The maximum Gasteiger partial charge on any atom is 0.339 e. The SMILES string of the molecule is CCOC(=O)[C@@H](OC(C)(C)C)c1c(C)cc2nc(-c3ccnc(-c4ccc5c(C)cn(C)c5n4)c3)sc2c1-c1ccc(Cl)cc1. The lowest BCUT2D eigenvalue weighted by Crippen LogP contribution is -2.29. The monoisotopic (exact) mass is 638 g/mol. The highest BCUT2D eigenvalue weighted by Crippen LogP contribution is 2.45. The lowest BCUT2D eigenvalue weighted by atomic mass is 9.91. The Bertz CT molecular complexity index is 2060. The van der Waals surface area contributed by atoms with Gasteiger partial charge in [-0.25, -0.2) is 14.8 Å². The second-order valence-corrected chi connectivity index (χ2v) is 13.6. The number of hydrogen-bond donors (Lipinski definition) is 0. The van der Waals surface area contributed by atoms with E-state index in [9.17, 15) is 4.79 Å². The van der Waals surface area contributed by atoms with Crippen LogP contribution in [0.3, 0.4) is 0 Å². The van der Waals surface area contributed by atoms with Crippen LogP contribution < -0.4 is 0 Å². The van der Waals surface area contributed by atoms with E-state index < -0.39 is 17.7 Å². The number of hydrogen-bond acceptors (Lipinski definition) is 7. The van der Waals surface area contributed by atoms with Crippen molar-refractivity contribution in [3.63, 3.8) is 0 Å². The molecule has 0 saturated heterocycles. The molecule has 1 atom stereocenters. The van der Waals surface area contributed by atoms with E-state index in [2.05, 4.69) is 24.2 Å². The molecule has 7 nitrogen and oxygen atoms in total. The standard InChI is InChI=1S/C36H35ClN4O3S/c1-8-43-35(42)31(44-36(4,5)6)29-20(2)17-28-32(30(29)22-9-11-24(37)12-10-22)45-34(40-28)23-15-16-38-27(18-23)26-14-13-25-21(3)19-41(7)33(25)39-26/h9-19,31H,8H2,1-7H3/t31-/m0/s1. The third kappa shape index (κ3) is 6.10. The fourth-order valence-corrected chi connectivity index (χ4v) is 6.91. The van der Waals surface area contributed by atoms with E-state index in [0.29, 0.717) is 5.02 Å². The molecule has 0 spiro atoms. The Hall–Kier alpha value is -4.11. The highest BCUT2D eigenvalue weighted by Gasteiger charge is 2.33. The predicted octanol–water partition coefficient (Wildman–Crippen LogP) is 9.27. The number of halogens is 1. The van der Waals surface area contributed by atoms with Crippen LogP contribution in [0.1, 0.15) is 50.5 Å². The number of thiazole rings is 1. The first kappa shape index (κ1) is 30.9. The van der Waals surface area contributed by atoms with Gasteiger partial charge in [0, 0.05) is 46.5 Å². The molecule has 45 heavy (non-hydrogen) atoms. The minimum absolute atomic E-state index is 0.251. The summed E-state index contributed by atoms with van der Waals surface area (Å²) in [5.74, 6) is -0.425. The number of fused-ring (bicyclic) bond motifs is 2. The van der Waals surface area contributed by atoms with Crippen LogP contribution in [0.25, 0.3) is 54.3 Å². The van der Waals surface area contributed by atoms with Crippen LogP contribution in [0, 0.1) is 13.8 Å². The molecule has 0 saturated carbocycles. The lowest BCUT2D eigenvalue weighted by molar-refractivity contribution is -0.166. The Labute approximate surface area is 271 Å². The van der Waals surface area contributed by atoms with E-state index in [-0.39, 0.29) is 6.61 Å². The molecule has 4 heterocycles. The van der Waals surface area contributed by atoms with E-state index >= 15 is 0 Å². The third-order valence-electron chi connectivity index (χ3n) is 7.59. The van der Waals surface area contributed by atoms with Crippen molar-refractivity contribution < 1.29 is 14.3 Å². The first-order chi connectivity index (χ1) is 21.4. The van der Waals surface area contributed by atoms with Crippen molar-refractivity contribution in [2.75, 3.05) is 6.61 Å². The molecule has 0 N–H and O–H groups in total. The summed E-state index contributed by atoms with van der Waals surface area (Å²) in [6, 6.07) is 17.8.